The van der Waals surface area contributed by atoms with Gasteiger partial charge in [-0.25, -0.2) is 0 Å². The van der Waals surface area contributed by atoms with Crippen molar-refractivity contribution in [1.82, 2.24) is 24.7 Å². The summed E-state index contributed by atoms with van der Waals surface area (Å²) < 4.78 is 1.76. The van der Waals surface area contributed by atoms with E-state index in [1.807, 2.05) is 49.2 Å². The van der Waals surface area contributed by atoms with Crippen LogP contribution >= 0.6 is 0 Å². The van der Waals surface area contributed by atoms with Crippen LogP contribution in [-0.4, -0.2) is 56.8 Å². The van der Waals surface area contributed by atoms with Gasteiger partial charge in [0.25, 0.3) is 0 Å². The maximum Gasteiger partial charge on any atom is 0.233 e. The average Bonchev–Trinajstić information content (AvgIpc) is 3.40. The highest BCUT2D eigenvalue weighted by atomic mass is 16.2. The molecule has 27 heavy (non-hydrogen) atoms. The summed E-state index contributed by atoms with van der Waals surface area (Å²) in [6, 6.07) is 14.3. The third kappa shape index (κ3) is 2.49. The van der Waals surface area contributed by atoms with Crippen LogP contribution in [0.25, 0.3) is 5.65 Å². The number of anilines is 1. The number of aromatic nitrogens is 4. The predicted octanol–water partition coefficient (Wildman–Crippen LogP) is 1.81. The Morgan fingerprint density at radius 1 is 1.11 bits per heavy atom. The summed E-state index contributed by atoms with van der Waals surface area (Å²) in [5.41, 5.74) is 1.60. The van der Waals surface area contributed by atoms with Crippen molar-refractivity contribution in [3.63, 3.8) is 0 Å². The van der Waals surface area contributed by atoms with Crippen molar-refractivity contribution < 1.29 is 4.79 Å². The second-order valence-electron chi connectivity index (χ2n) is 7.63. The van der Waals surface area contributed by atoms with Crippen molar-refractivity contribution in [2.75, 3.05) is 25.0 Å². The molecule has 138 valence electrons. The number of rotatable bonds is 4. The Kier molecular flexibility index (Phi) is 3.47. The quantitative estimate of drug-likeness (QED) is 0.708. The molecule has 2 aliphatic rings. The number of amides is 1. The summed E-state index contributed by atoms with van der Waals surface area (Å²) in [6.07, 6.45) is 1.89. The highest BCUT2D eigenvalue weighted by Crippen LogP contribution is 2.49. The Hall–Kier alpha value is -2.96. The molecule has 1 amide bonds. The van der Waals surface area contributed by atoms with Gasteiger partial charge in [-0.15, -0.1) is 15.3 Å². The van der Waals surface area contributed by atoms with E-state index in [0.29, 0.717) is 0 Å². The summed E-state index contributed by atoms with van der Waals surface area (Å²) in [5.74, 6) is 1.91. The topological polar surface area (TPSA) is 66.6 Å². The number of hydrogen-bond acceptors (Lipinski definition) is 5. The van der Waals surface area contributed by atoms with Gasteiger partial charge in [0.2, 0.25) is 5.91 Å². The first-order valence-electron chi connectivity index (χ1n) is 9.35. The van der Waals surface area contributed by atoms with Gasteiger partial charge in [0.1, 0.15) is 5.82 Å². The van der Waals surface area contributed by atoms with Gasteiger partial charge in [0.05, 0.1) is 11.5 Å². The lowest BCUT2D eigenvalue weighted by Crippen LogP contribution is -2.61. The van der Waals surface area contributed by atoms with Crippen molar-refractivity contribution in [3.8, 4) is 0 Å². The van der Waals surface area contributed by atoms with Crippen molar-refractivity contribution in [1.29, 1.82) is 0 Å². The standard InChI is InChI=1S/C20H22N6O/c1-14-21-22-17-8-9-18(23-26(14)17)25-12-16(13-25)24(2)19(27)20(10-11-20)15-6-4-3-5-7-15/h3-9,16H,10-13H2,1-2H3. The van der Waals surface area contributed by atoms with E-state index in [0.717, 1.165) is 48.8 Å². The number of carbonyl (C=O) groups is 1. The van der Waals surface area contributed by atoms with Crippen LogP contribution in [0.4, 0.5) is 5.82 Å². The minimum absolute atomic E-state index is 0.221. The van der Waals surface area contributed by atoms with E-state index in [1.54, 1.807) is 4.52 Å². The van der Waals surface area contributed by atoms with E-state index >= 15 is 0 Å². The minimum atomic E-state index is -0.298. The lowest BCUT2D eigenvalue weighted by molar-refractivity contribution is -0.135. The molecule has 0 spiro atoms. The van der Waals surface area contributed by atoms with Crippen LogP contribution in [0.5, 0.6) is 0 Å². The number of nitrogens with zero attached hydrogens (tertiary/aromatic N) is 6. The third-order valence-corrected chi connectivity index (χ3v) is 5.94. The Morgan fingerprint density at radius 3 is 2.56 bits per heavy atom. The molecule has 0 atom stereocenters. The monoisotopic (exact) mass is 362 g/mol. The Bertz CT molecular complexity index is 1000. The van der Waals surface area contributed by atoms with Gasteiger partial charge >= 0.3 is 0 Å². The smallest absolute Gasteiger partial charge is 0.233 e. The summed E-state index contributed by atoms with van der Waals surface area (Å²) in [7, 11) is 1.94. The fourth-order valence-electron chi connectivity index (χ4n) is 3.95. The van der Waals surface area contributed by atoms with E-state index in [1.165, 1.54) is 0 Å². The molecular weight excluding hydrogens is 340 g/mol. The van der Waals surface area contributed by atoms with Crippen LogP contribution in [0.3, 0.4) is 0 Å². The molecule has 0 N–H and O–H groups in total. The lowest BCUT2D eigenvalue weighted by atomic mass is 9.93. The molecule has 0 bridgehead atoms. The SMILES string of the molecule is Cc1nnc2ccc(N3CC(N(C)C(=O)C4(c5ccccc5)CC4)C3)nn12. The third-order valence-electron chi connectivity index (χ3n) is 5.94. The van der Waals surface area contributed by atoms with E-state index in [-0.39, 0.29) is 17.4 Å². The zero-order valence-electron chi connectivity index (χ0n) is 15.5. The molecule has 2 fully saturated rings. The number of benzene rings is 1. The van der Waals surface area contributed by atoms with Crippen molar-refractivity contribution >= 4 is 17.4 Å². The molecule has 0 radical (unpaired) electrons. The van der Waals surface area contributed by atoms with Crippen LogP contribution in [0, 0.1) is 6.92 Å². The van der Waals surface area contributed by atoms with Gasteiger partial charge in [-0.3, -0.25) is 4.79 Å². The number of aryl methyl sites for hydroxylation is 1. The summed E-state index contributed by atoms with van der Waals surface area (Å²) in [5, 5.41) is 12.7. The maximum absolute atomic E-state index is 13.2. The van der Waals surface area contributed by atoms with Crippen LogP contribution in [-0.2, 0) is 10.2 Å². The van der Waals surface area contributed by atoms with E-state index < -0.39 is 0 Å². The molecule has 1 saturated heterocycles. The molecule has 2 aromatic heterocycles. The number of likely N-dealkylation sites (N-methyl/N-ethyl adjacent to an activating group) is 1. The number of carbonyl (C=O) groups excluding carboxylic acids is 1. The molecule has 0 unspecified atom stereocenters. The molecule has 7 heteroatoms. The zero-order chi connectivity index (χ0) is 18.6. The molecule has 3 heterocycles. The molecule has 3 aromatic rings. The molecular formula is C20H22N6O. The number of fused-ring (bicyclic) bond motifs is 1. The van der Waals surface area contributed by atoms with Crippen molar-refractivity contribution in [2.24, 2.45) is 0 Å². The fourth-order valence-corrected chi connectivity index (χ4v) is 3.95. The largest absolute Gasteiger partial charge is 0.351 e. The lowest BCUT2D eigenvalue weighted by Gasteiger charge is -2.45. The average molecular weight is 362 g/mol. The van der Waals surface area contributed by atoms with Gasteiger partial charge in [-0.05, 0) is 37.5 Å². The van der Waals surface area contributed by atoms with Crippen LogP contribution in [0.2, 0.25) is 0 Å². The van der Waals surface area contributed by atoms with Crippen molar-refractivity contribution in [3.05, 3.63) is 53.9 Å². The maximum atomic E-state index is 13.2. The summed E-state index contributed by atoms with van der Waals surface area (Å²) in [4.78, 5) is 17.3. The molecule has 1 saturated carbocycles. The fraction of sp³-hybridized carbons (Fsp3) is 0.400. The first kappa shape index (κ1) is 16.2. The van der Waals surface area contributed by atoms with Crippen molar-refractivity contribution in [2.45, 2.75) is 31.2 Å². The number of hydrogen-bond donors (Lipinski definition) is 0. The molecule has 1 aromatic carbocycles. The van der Waals surface area contributed by atoms with Gasteiger partial charge in [-0.1, -0.05) is 30.3 Å². The van der Waals surface area contributed by atoms with Crippen LogP contribution < -0.4 is 4.90 Å². The zero-order valence-corrected chi connectivity index (χ0v) is 15.5. The van der Waals surface area contributed by atoms with Crippen LogP contribution in [0.15, 0.2) is 42.5 Å². The van der Waals surface area contributed by atoms with Crippen LogP contribution in [0.1, 0.15) is 24.2 Å². The summed E-state index contributed by atoms with van der Waals surface area (Å²) >= 11 is 0. The predicted molar refractivity (Wildman–Crippen MR) is 102 cm³/mol. The van der Waals surface area contributed by atoms with E-state index in [2.05, 4.69) is 32.3 Å². The van der Waals surface area contributed by atoms with E-state index in [4.69, 9.17) is 0 Å². The second-order valence-corrected chi connectivity index (χ2v) is 7.63. The van der Waals surface area contributed by atoms with Gasteiger partial charge < -0.3 is 9.80 Å². The highest BCUT2D eigenvalue weighted by molar-refractivity contribution is 5.91. The molecule has 5 rings (SSSR count). The Labute approximate surface area is 157 Å². The Morgan fingerprint density at radius 2 is 1.85 bits per heavy atom. The molecule has 1 aliphatic heterocycles. The van der Waals surface area contributed by atoms with Gasteiger partial charge in [0.15, 0.2) is 11.5 Å². The van der Waals surface area contributed by atoms with Gasteiger partial charge in [0, 0.05) is 20.1 Å². The normalized spacial score (nSPS) is 18.4. The molecule has 1 aliphatic carbocycles. The Balaban J connectivity index is 1.28. The minimum Gasteiger partial charge on any atom is -0.351 e. The summed E-state index contributed by atoms with van der Waals surface area (Å²) in [6.45, 7) is 3.49. The van der Waals surface area contributed by atoms with E-state index in [9.17, 15) is 4.79 Å². The molecule has 7 nitrogen and oxygen atoms in total. The van der Waals surface area contributed by atoms with Gasteiger partial charge in [-0.2, -0.15) is 4.52 Å². The first-order valence-corrected chi connectivity index (χ1v) is 9.35. The second kappa shape index (κ2) is 5.77. The first-order chi connectivity index (χ1) is 13.1. The highest BCUT2D eigenvalue weighted by Gasteiger charge is 2.53.